The van der Waals surface area contributed by atoms with Crippen molar-refractivity contribution >= 4 is 37.1 Å². The Kier molecular flexibility index (Phi) is 16.1. The van der Waals surface area contributed by atoms with Gasteiger partial charge in [0, 0.05) is 0 Å². The second kappa shape index (κ2) is 15.4. The van der Waals surface area contributed by atoms with E-state index in [2.05, 4.69) is 17.2 Å². The van der Waals surface area contributed by atoms with Crippen molar-refractivity contribution in [2.24, 2.45) is 17.2 Å². The summed E-state index contributed by atoms with van der Waals surface area (Å²) in [5.41, 5.74) is 11.4. The first-order valence-electron chi connectivity index (χ1n) is 5.47. The highest BCUT2D eigenvalue weighted by molar-refractivity contribution is 5.98. The molecule has 0 saturated heterocycles. The van der Waals surface area contributed by atoms with Crippen LogP contribution in [0.15, 0.2) is 18.2 Å². The lowest BCUT2D eigenvalue weighted by Gasteiger charge is -2.00. The number of hydrogen-bond donors (Lipinski definition) is 6. The molecule has 1 rings (SSSR count). The summed E-state index contributed by atoms with van der Waals surface area (Å²) in [7, 11) is 0. The van der Waals surface area contributed by atoms with Crippen LogP contribution in [-0.4, -0.2) is 52.5 Å². The summed E-state index contributed by atoms with van der Waals surface area (Å²) in [6, 6.07) is 2.70. The van der Waals surface area contributed by atoms with Crippen molar-refractivity contribution in [2.75, 3.05) is 0 Å². The maximum atomic E-state index is 10.6. The van der Waals surface area contributed by atoms with Gasteiger partial charge in [0.2, 0.25) is 19.2 Å². The Morgan fingerprint density at radius 1 is 0.625 bits per heavy atom. The summed E-state index contributed by atoms with van der Waals surface area (Å²) in [6.45, 7) is 0. The minimum atomic E-state index is -1.37. The molecule has 1 aromatic carbocycles. The van der Waals surface area contributed by atoms with E-state index in [4.69, 9.17) is 29.7 Å². The lowest BCUT2D eigenvalue weighted by atomic mass is 10.1. The zero-order chi connectivity index (χ0) is 19.7. The van der Waals surface area contributed by atoms with Crippen LogP contribution in [0.5, 0.6) is 0 Å². The van der Waals surface area contributed by atoms with Crippen LogP contribution in [0.25, 0.3) is 0 Å². The van der Waals surface area contributed by atoms with Gasteiger partial charge >= 0.3 is 17.9 Å². The number of carbonyl (C=O) groups is 6. The average Bonchev–Trinajstić information content (AvgIpc) is 2.49. The van der Waals surface area contributed by atoms with Crippen LogP contribution < -0.4 is 17.2 Å². The Hall–Kier alpha value is -3.96. The Bertz CT molecular complexity index is 494. The van der Waals surface area contributed by atoms with Gasteiger partial charge in [0.15, 0.2) is 0 Å². The minimum absolute atomic E-state index is 0.250. The van der Waals surface area contributed by atoms with Crippen molar-refractivity contribution in [1.29, 1.82) is 0 Å². The summed E-state index contributed by atoms with van der Waals surface area (Å²) in [6.07, 6.45) is 0.750. The van der Waals surface area contributed by atoms with Crippen LogP contribution in [0.3, 0.4) is 0 Å². The van der Waals surface area contributed by atoms with Gasteiger partial charge in [0.05, 0.1) is 16.7 Å². The molecule has 0 aromatic heterocycles. The number of carbonyl (C=O) groups excluding carboxylic acids is 3. The summed E-state index contributed by atoms with van der Waals surface area (Å²) in [4.78, 5) is 57.4. The Morgan fingerprint density at radius 3 is 0.833 bits per heavy atom. The third-order valence-corrected chi connectivity index (χ3v) is 1.67. The van der Waals surface area contributed by atoms with E-state index >= 15 is 0 Å². The molecular weight excluding hydrogens is 330 g/mol. The van der Waals surface area contributed by atoms with Gasteiger partial charge < -0.3 is 32.5 Å². The predicted molar refractivity (Wildman–Crippen MR) is 78.1 cm³/mol. The molecule has 0 saturated carbocycles. The molecule has 3 amide bonds. The van der Waals surface area contributed by atoms with E-state index in [9.17, 15) is 14.4 Å². The van der Waals surface area contributed by atoms with E-state index in [-0.39, 0.29) is 35.9 Å². The molecule has 0 aliphatic heterocycles. The first kappa shape index (κ1) is 25.0. The third kappa shape index (κ3) is 13.0. The van der Waals surface area contributed by atoms with Gasteiger partial charge in [-0.1, -0.05) is 0 Å². The molecule has 0 radical (unpaired) electrons. The average molecular weight is 345 g/mol. The van der Waals surface area contributed by atoms with E-state index in [0.29, 0.717) is 0 Å². The molecule has 0 fully saturated rings. The van der Waals surface area contributed by atoms with E-state index in [1.807, 2.05) is 0 Å². The lowest BCUT2D eigenvalue weighted by molar-refractivity contribution is -0.107. The first-order valence-corrected chi connectivity index (χ1v) is 5.47. The number of carboxylic acids is 3. The molecule has 0 aliphatic carbocycles. The maximum Gasteiger partial charge on any atom is 0.335 e. The first-order chi connectivity index (χ1) is 11.2. The van der Waals surface area contributed by atoms with Gasteiger partial charge in [-0.2, -0.15) is 0 Å². The molecule has 0 unspecified atom stereocenters. The van der Waals surface area contributed by atoms with Gasteiger partial charge in [-0.15, -0.1) is 0 Å². The maximum absolute atomic E-state index is 10.6. The summed E-state index contributed by atoms with van der Waals surface area (Å²) < 4.78 is 0. The minimum Gasteiger partial charge on any atom is -0.478 e. The SMILES string of the molecule is NC=O.NC=O.NC=O.O=C(O)c1cc(C(=O)O)cc(C(=O)O)c1. The molecule has 24 heavy (non-hydrogen) atoms. The molecule has 1 aromatic rings. The molecule has 0 atom stereocenters. The van der Waals surface area contributed by atoms with E-state index in [0.717, 1.165) is 18.2 Å². The Labute approximate surface area is 134 Å². The smallest absolute Gasteiger partial charge is 0.335 e. The number of aromatic carboxylic acids is 3. The summed E-state index contributed by atoms with van der Waals surface area (Å²) >= 11 is 0. The van der Waals surface area contributed by atoms with Crippen molar-refractivity contribution < 1.29 is 44.1 Å². The van der Waals surface area contributed by atoms with Gasteiger partial charge in [-0.3, -0.25) is 14.4 Å². The fourth-order valence-electron chi connectivity index (χ4n) is 0.998. The zero-order valence-electron chi connectivity index (χ0n) is 12.0. The summed E-state index contributed by atoms with van der Waals surface area (Å²) in [5.74, 6) is -4.12. The molecule has 9 N–H and O–H groups in total. The van der Waals surface area contributed by atoms with Gasteiger partial charge in [0.1, 0.15) is 0 Å². The lowest BCUT2D eigenvalue weighted by Crippen LogP contribution is -2.07. The number of hydrogen-bond acceptors (Lipinski definition) is 6. The van der Waals surface area contributed by atoms with Crippen molar-refractivity contribution in [3.05, 3.63) is 34.9 Å². The van der Waals surface area contributed by atoms with Crippen LogP contribution in [-0.2, 0) is 14.4 Å². The van der Waals surface area contributed by atoms with Gasteiger partial charge in [-0.25, -0.2) is 14.4 Å². The van der Waals surface area contributed by atoms with Crippen molar-refractivity contribution in [2.45, 2.75) is 0 Å². The van der Waals surface area contributed by atoms with Crippen LogP contribution in [0.2, 0.25) is 0 Å². The quantitative estimate of drug-likeness (QED) is 0.334. The highest BCUT2D eigenvalue weighted by Gasteiger charge is 2.14. The molecule has 0 spiro atoms. The topological polar surface area (TPSA) is 241 Å². The second-order valence-corrected chi connectivity index (χ2v) is 3.12. The highest BCUT2D eigenvalue weighted by Crippen LogP contribution is 2.11. The number of rotatable bonds is 3. The van der Waals surface area contributed by atoms with Gasteiger partial charge in [-0.05, 0) is 18.2 Å². The molecule has 0 heterocycles. The van der Waals surface area contributed by atoms with Crippen molar-refractivity contribution in [3.8, 4) is 0 Å². The van der Waals surface area contributed by atoms with Crippen LogP contribution in [0.4, 0.5) is 0 Å². The van der Waals surface area contributed by atoms with Crippen molar-refractivity contribution in [3.63, 3.8) is 0 Å². The largest absolute Gasteiger partial charge is 0.478 e. The number of nitrogens with two attached hydrogens (primary N) is 3. The zero-order valence-corrected chi connectivity index (χ0v) is 12.0. The number of primary amides is 3. The molecule has 0 aliphatic rings. The monoisotopic (exact) mass is 345 g/mol. The van der Waals surface area contributed by atoms with E-state index in [1.165, 1.54) is 0 Å². The Morgan fingerprint density at radius 2 is 0.750 bits per heavy atom. The summed E-state index contributed by atoms with van der Waals surface area (Å²) in [5, 5.41) is 25.8. The van der Waals surface area contributed by atoms with E-state index < -0.39 is 17.9 Å². The molecular formula is C12H15N3O9. The van der Waals surface area contributed by atoms with Crippen LogP contribution in [0.1, 0.15) is 31.1 Å². The molecule has 0 bridgehead atoms. The Balaban J connectivity index is -0.000000410. The van der Waals surface area contributed by atoms with Crippen molar-refractivity contribution in [1.82, 2.24) is 0 Å². The van der Waals surface area contributed by atoms with Crippen LogP contribution >= 0.6 is 0 Å². The number of benzene rings is 1. The molecule has 12 nitrogen and oxygen atoms in total. The highest BCUT2D eigenvalue weighted by atomic mass is 16.4. The predicted octanol–water partition coefficient (Wildman–Crippen LogP) is -1.91. The third-order valence-electron chi connectivity index (χ3n) is 1.67. The number of amides is 3. The van der Waals surface area contributed by atoms with Gasteiger partial charge in [0.25, 0.3) is 0 Å². The van der Waals surface area contributed by atoms with Crippen LogP contribution in [0, 0.1) is 0 Å². The van der Waals surface area contributed by atoms with E-state index in [1.54, 1.807) is 0 Å². The normalized spacial score (nSPS) is 7.50. The molecule has 132 valence electrons. The second-order valence-electron chi connectivity index (χ2n) is 3.12. The molecule has 12 heteroatoms. The fraction of sp³-hybridized carbons (Fsp3) is 0. The fourth-order valence-corrected chi connectivity index (χ4v) is 0.998. The standard InChI is InChI=1S/C9H6O6.3CH3NO/c10-7(11)4-1-5(8(12)13)3-6(2-4)9(14)15;3*2-1-3/h1-3H,(H,10,11)(H,12,13)(H,14,15);3*1H,(H2,2,3). The number of carboxylic acid groups (broad SMARTS) is 3.